The smallest absolute Gasteiger partial charge is 0.236 e. The monoisotopic (exact) mass is 508 g/mol. The molecule has 33 heavy (non-hydrogen) atoms. The van der Waals surface area contributed by atoms with Gasteiger partial charge in [-0.05, 0) is 78.3 Å². The van der Waals surface area contributed by atoms with Gasteiger partial charge < -0.3 is 9.80 Å². The van der Waals surface area contributed by atoms with Crippen LogP contribution in [0.5, 0.6) is 0 Å². The molecule has 1 amide bonds. The zero-order valence-corrected chi connectivity index (χ0v) is 21.3. The molecular weight excluding hydrogens is 476 g/mol. The maximum atomic E-state index is 13.0. The Kier molecular flexibility index (Phi) is 6.68. The lowest BCUT2D eigenvalue weighted by molar-refractivity contribution is -0.133. The Morgan fingerprint density at radius 1 is 0.970 bits per heavy atom. The largest absolute Gasteiger partial charge is 0.341 e. The van der Waals surface area contributed by atoms with E-state index in [0.29, 0.717) is 6.54 Å². The third-order valence-corrected chi connectivity index (χ3v) is 7.83. The van der Waals surface area contributed by atoms with Crippen molar-refractivity contribution in [1.82, 2.24) is 19.7 Å². The fraction of sp³-hybridized carbons (Fsp3) is 0.481. The number of amides is 1. The van der Waals surface area contributed by atoms with Crippen LogP contribution in [0.4, 0.5) is 0 Å². The van der Waals surface area contributed by atoms with E-state index in [1.165, 1.54) is 33.4 Å². The Labute approximate surface area is 205 Å². The number of pyridine rings is 1. The number of piperidine rings is 1. The van der Waals surface area contributed by atoms with E-state index in [9.17, 15) is 4.79 Å². The number of benzene rings is 1. The van der Waals surface area contributed by atoms with E-state index >= 15 is 0 Å². The molecule has 5 rings (SSSR count). The highest BCUT2D eigenvalue weighted by molar-refractivity contribution is 9.10. The summed E-state index contributed by atoms with van der Waals surface area (Å²) in [4.78, 5) is 24.6. The van der Waals surface area contributed by atoms with Crippen molar-refractivity contribution in [2.75, 3.05) is 52.9 Å². The lowest BCUT2D eigenvalue weighted by atomic mass is 9.88. The van der Waals surface area contributed by atoms with Crippen molar-refractivity contribution >= 4 is 27.4 Å². The van der Waals surface area contributed by atoms with Gasteiger partial charge in [-0.15, -0.1) is 0 Å². The van der Waals surface area contributed by atoms with Gasteiger partial charge in [0.2, 0.25) is 5.91 Å². The van der Waals surface area contributed by atoms with Crippen LogP contribution < -0.4 is 0 Å². The van der Waals surface area contributed by atoms with Crippen molar-refractivity contribution in [3.8, 4) is 0 Å². The Hall–Kier alpha value is -2.02. The highest BCUT2D eigenvalue weighted by Gasteiger charge is 2.27. The number of rotatable bonds is 2. The number of hydrogen-bond donors (Lipinski definition) is 0. The molecule has 0 N–H and O–H groups in total. The van der Waals surface area contributed by atoms with Crippen LogP contribution >= 0.6 is 15.9 Å². The van der Waals surface area contributed by atoms with Crippen LogP contribution in [-0.2, 0) is 17.6 Å². The maximum absolute atomic E-state index is 13.0. The van der Waals surface area contributed by atoms with E-state index in [1.54, 1.807) is 0 Å². The number of halogens is 1. The summed E-state index contributed by atoms with van der Waals surface area (Å²) in [5, 5.41) is 0. The number of nitrogens with zero attached hydrogens (tertiary/aromatic N) is 4. The van der Waals surface area contributed by atoms with E-state index in [2.05, 4.69) is 68.9 Å². The molecule has 1 aromatic carbocycles. The molecule has 0 bridgehead atoms. The van der Waals surface area contributed by atoms with E-state index in [-0.39, 0.29) is 5.91 Å². The fourth-order valence-electron chi connectivity index (χ4n) is 5.40. The molecule has 6 heteroatoms. The summed E-state index contributed by atoms with van der Waals surface area (Å²) in [6, 6.07) is 9.08. The lowest BCUT2D eigenvalue weighted by Crippen LogP contribution is -2.49. The molecule has 2 aromatic rings. The molecule has 2 fully saturated rings. The molecule has 3 heterocycles. The van der Waals surface area contributed by atoms with E-state index in [4.69, 9.17) is 4.98 Å². The summed E-state index contributed by atoms with van der Waals surface area (Å²) in [5.41, 5.74) is 9.27. The van der Waals surface area contributed by atoms with Crippen molar-refractivity contribution < 1.29 is 4.79 Å². The summed E-state index contributed by atoms with van der Waals surface area (Å²) < 4.78 is 1.04. The Morgan fingerprint density at radius 3 is 2.45 bits per heavy atom. The number of carbonyl (C=O) groups excluding carboxylic acids is 1. The quantitative estimate of drug-likeness (QED) is 0.616. The van der Waals surface area contributed by atoms with Gasteiger partial charge in [0.25, 0.3) is 0 Å². The number of likely N-dealkylation sites (N-methyl/N-ethyl adjacent to an activating group) is 1. The summed E-state index contributed by atoms with van der Waals surface area (Å²) in [6.07, 6.45) is 5.81. The number of aromatic nitrogens is 1. The highest BCUT2D eigenvalue weighted by atomic mass is 79.9. The van der Waals surface area contributed by atoms with Crippen LogP contribution in [-0.4, -0.2) is 78.5 Å². The molecule has 0 atom stereocenters. The summed E-state index contributed by atoms with van der Waals surface area (Å²) >= 11 is 3.62. The fourth-order valence-corrected chi connectivity index (χ4v) is 5.78. The van der Waals surface area contributed by atoms with Crippen LogP contribution in [0.15, 0.2) is 40.5 Å². The molecule has 174 valence electrons. The average Bonchev–Trinajstić information content (AvgIpc) is 2.97. The van der Waals surface area contributed by atoms with Crippen LogP contribution in [0.25, 0.3) is 5.57 Å². The van der Waals surface area contributed by atoms with E-state index in [0.717, 1.165) is 75.1 Å². The first kappa shape index (κ1) is 22.8. The SMILES string of the molecule is Cc1ccc2c(c1)CCc1cc(Br)cnc1C2=C1CCN(C(=O)CN2CCN(C)CC2)CC1. The van der Waals surface area contributed by atoms with Gasteiger partial charge in [-0.2, -0.15) is 0 Å². The summed E-state index contributed by atoms with van der Waals surface area (Å²) in [5.74, 6) is 0.281. The zero-order valence-electron chi connectivity index (χ0n) is 19.7. The average molecular weight is 509 g/mol. The van der Waals surface area contributed by atoms with Crippen molar-refractivity contribution in [3.63, 3.8) is 0 Å². The topological polar surface area (TPSA) is 39.7 Å². The minimum Gasteiger partial charge on any atom is -0.341 e. The van der Waals surface area contributed by atoms with Crippen LogP contribution in [0, 0.1) is 6.92 Å². The molecule has 0 saturated carbocycles. The lowest BCUT2D eigenvalue weighted by Gasteiger charge is -2.35. The van der Waals surface area contributed by atoms with Crippen molar-refractivity contribution in [2.24, 2.45) is 0 Å². The predicted molar refractivity (Wildman–Crippen MR) is 136 cm³/mol. The van der Waals surface area contributed by atoms with Gasteiger partial charge in [0.15, 0.2) is 0 Å². The minimum absolute atomic E-state index is 0.281. The molecule has 1 aromatic heterocycles. The first-order chi connectivity index (χ1) is 16.0. The highest BCUT2D eigenvalue weighted by Crippen LogP contribution is 2.38. The molecule has 0 unspecified atom stereocenters. The van der Waals surface area contributed by atoms with Crippen molar-refractivity contribution in [1.29, 1.82) is 0 Å². The van der Waals surface area contributed by atoms with Crippen LogP contribution in [0.1, 0.15) is 40.8 Å². The molecule has 3 aliphatic rings. The first-order valence-electron chi connectivity index (χ1n) is 12.1. The Balaban J connectivity index is 1.39. The van der Waals surface area contributed by atoms with Gasteiger partial charge in [0.05, 0.1) is 12.2 Å². The maximum Gasteiger partial charge on any atom is 0.236 e. The standard InChI is InChI=1S/C27H33BrN4O/c1-19-3-6-24-21(15-19)4-5-22-16-23(28)17-29-27(22)26(24)20-7-9-32(10-8-20)25(33)18-31-13-11-30(2)12-14-31/h3,6,15-17H,4-5,7-14,18H2,1-2H3. The Morgan fingerprint density at radius 2 is 1.70 bits per heavy atom. The normalized spacial score (nSPS) is 19.8. The number of likely N-dealkylation sites (tertiary alicyclic amines) is 1. The van der Waals surface area contributed by atoms with E-state index in [1.807, 2.05) is 6.20 Å². The molecule has 1 aliphatic carbocycles. The second kappa shape index (κ2) is 9.69. The number of carbonyl (C=O) groups is 1. The third-order valence-electron chi connectivity index (χ3n) is 7.39. The van der Waals surface area contributed by atoms with Crippen LogP contribution in [0.2, 0.25) is 0 Å². The molecular formula is C27H33BrN4O. The number of aryl methyl sites for hydroxylation is 3. The van der Waals surface area contributed by atoms with Gasteiger partial charge in [-0.25, -0.2) is 0 Å². The minimum atomic E-state index is 0.281. The second-order valence-electron chi connectivity index (χ2n) is 9.76. The molecule has 2 aliphatic heterocycles. The first-order valence-corrected chi connectivity index (χ1v) is 12.9. The summed E-state index contributed by atoms with van der Waals surface area (Å²) in [6.45, 7) is 8.40. The molecule has 5 nitrogen and oxygen atoms in total. The predicted octanol–water partition coefficient (Wildman–Crippen LogP) is 3.92. The van der Waals surface area contributed by atoms with Gasteiger partial charge in [0, 0.05) is 55.5 Å². The number of fused-ring (bicyclic) bond motifs is 2. The Bertz CT molecular complexity index is 1020. The number of piperazine rings is 1. The van der Waals surface area contributed by atoms with Gasteiger partial charge in [0.1, 0.15) is 0 Å². The van der Waals surface area contributed by atoms with E-state index < -0.39 is 0 Å². The van der Waals surface area contributed by atoms with Gasteiger partial charge in [-0.3, -0.25) is 14.7 Å². The molecule has 0 radical (unpaired) electrons. The number of hydrogen-bond acceptors (Lipinski definition) is 4. The summed E-state index contributed by atoms with van der Waals surface area (Å²) in [7, 11) is 2.15. The van der Waals surface area contributed by atoms with Crippen molar-refractivity contribution in [2.45, 2.75) is 32.6 Å². The molecule has 0 spiro atoms. The van der Waals surface area contributed by atoms with Gasteiger partial charge >= 0.3 is 0 Å². The second-order valence-corrected chi connectivity index (χ2v) is 10.7. The van der Waals surface area contributed by atoms with Crippen molar-refractivity contribution in [3.05, 3.63) is 68.5 Å². The molecule has 2 saturated heterocycles. The van der Waals surface area contributed by atoms with Crippen LogP contribution in [0.3, 0.4) is 0 Å². The third kappa shape index (κ3) is 4.93. The zero-order chi connectivity index (χ0) is 22.9. The van der Waals surface area contributed by atoms with Gasteiger partial charge in [-0.1, -0.05) is 29.3 Å².